The Bertz CT molecular complexity index is 842. The van der Waals surface area contributed by atoms with Crippen molar-refractivity contribution in [3.63, 3.8) is 0 Å². The first-order chi connectivity index (χ1) is 11.7. The summed E-state index contributed by atoms with van der Waals surface area (Å²) < 4.78 is 0. The van der Waals surface area contributed by atoms with Crippen molar-refractivity contribution in [2.45, 2.75) is 6.92 Å². The Balaban J connectivity index is 1.47. The molecule has 4 rings (SSSR count). The van der Waals surface area contributed by atoms with E-state index in [9.17, 15) is 4.79 Å². The van der Waals surface area contributed by atoms with Crippen LogP contribution in [0, 0.1) is 6.92 Å². The fourth-order valence-electron chi connectivity index (χ4n) is 3.43. The summed E-state index contributed by atoms with van der Waals surface area (Å²) in [5.41, 5.74) is 4.25. The molecule has 0 unspecified atom stereocenters. The number of nitrogens with zero attached hydrogens (tertiary/aromatic N) is 2. The number of carbonyl (C=O) groups is 1. The molecular formula is C20H21N3O. The highest BCUT2D eigenvalue weighted by Gasteiger charge is 2.23. The molecule has 0 saturated carbocycles. The Morgan fingerprint density at radius 2 is 1.67 bits per heavy atom. The first-order valence-corrected chi connectivity index (χ1v) is 8.40. The Morgan fingerprint density at radius 3 is 2.42 bits per heavy atom. The minimum absolute atomic E-state index is 0.0932. The first kappa shape index (κ1) is 14.8. The molecule has 1 saturated heterocycles. The third kappa shape index (κ3) is 2.64. The summed E-state index contributed by atoms with van der Waals surface area (Å²) >= 11 is 0. The first-order valence-electron chi connectivity index (χ1n) is 8.40. The molecule has 1 aliphatic heterocycles. The van der Waals surface area contributed by atoms with Crippen LogP contribution in [0.2, 0.25) is 0 Å². The molecule has 2 heterocycles. The molecule has 0 atom stereocenters. The molecule has 1 N–H and O–H groups in total. The lowest BCUT2D eigenvalue weighted by atomic mass is 10.1. The zero-order valence-electron chi connectivity index (χ0n) is 13.8. The van der Waals surface area contributed by atoms with E-state index >= 15 is 0 Å². The molecule has 0 bridgehead atoms. The molecule has 2 aromatic carbocycles. The maximum absolute atomic E-state index is 12.8. The van der Waals surface area contributed by atoms with Crippen molar-refractivity contribution < 1.29 is 4.79 Å². The standard InChI is InChI=1S/C20H21N3O/c1-15-6-2-5-9-19(15)22-10-12-23(13-11-22)20(24)18-14-16-7-3-4-8-17(16)21-18/h2-9,14,21H,10-13H2,1H3. The third-order valence-electron chi connectivity index (χ3n) is 4.78. The van der Waals surface area contributed by atoms with E-state index in [0.717, 1.165) is 37.1 Å². The number of hydrogen-bond acceptors (Lipinski definition) is 2. The average molecular weight is 319 g/mol. The minimum atomic E-state index is 0.0932. The number of anilines is 1. The maximum Gasteiger partial charge on any atom is 0.270 e. The number of nitrogens with one attached hydrogen (secondary N) is 1. The summed E-state index contributed by atoms with van der Waals surface area (Å²) in [6, 6.07) is 18.4. The third-order valence-corrected chi connectivity index (χ3v) is 4.78. The fraction of sp³-hybridized carbons (Fsp3) is 0.250. The van der Waals surface area contributed by atoms with Gasteiger partial charge in [0.1, 0.15) is 5.69 Å². The van der Waals surface area contributed by atoms with Gasteiger partial charge in [-0.2, -0.15) is 0 Å². The molecule has 122 valence electrons. The Hall–Kier alpha value is -2.75. The van der Waals surface area contributed by atoms with Crippen molar-refractivity contribution in [2.75, 3.05) is 31.1 Å². The van der Waals surface area contributed by atoms with Crippen LogP contribution in [0.1, 0.15) is 16.1 Å². The monoisotopic (exact) mass is 319 g/mol. The van der Waals surface area contributed by atoms with Gasteiger partial charge in [0.15, 0.2) is 0 Å². The number of hydrogen-bond donors (Lipinski definition) is 1. The number of piperazine rings is 1. The maximum atomic E-state index is 12.8. The van der Waals surface area contributed by atoms with E-state index in [4.69, 9.17) is 0 Å². The van der Waals surface area contributed by atoms with Crippen LogP contribution < -0.4 is 4.90 Å². The predicted octanol–water partition coefficient (Wildman–Crippen LogP) is 3.44. The number of fused-ring (bicyclic) bond motifs is 1. The van der Waals surface area contributed by atoms with E-state index in [0.29, 0.717) is 5.69 Å². The second kappa shape index (κ2) is 6.04. The normalized spacial score (nSPS) is 15.0. The van der Waals surface area contributed by atoms with E-state index in [-0.39, 0.29) is 5.91 Å². The summed E-state index contributed by atoms with van der Waals surface area (Å²) in [4.78, 5) is 20.3. The number of amides is 1. The summed E-state index contributed by atoms with van der Waals surface area (Å²) in [7, 11) is 0. The number of H-pyrrole nitrogens is 1. The second-order valence-electron chi connectivity index (χ2n) is 6.34. The van der Waals surface area contributed by atoms with Gasteiger partial charge in [-0.25, -0.2) is 0 Å². The van der Waals surface area contributed by atoms with Gasteiger partial charge < -0.3 is 14.8 Å². The van der Waals surface area contributed by atoms with Gasteiger partial charge in [-0.3, -0.25) is 4.79 Å². The van der Waals surface area contributed by atoms with E-state index in [1.807, 2.05) is 35.2 Å². The van der Waals surface area contributed by atoms with E-state index in [1.165, 1.54) is 11.3 Å². The molecule has 0 radical (unpaired) electrons. The smallest absolute Gasteiger partial charge is 0.270 e. The number of benzene rings is 2. The van der Waals surface area contributed by atoms with Crippen LogP contribution in [0.15, 0.2) is 54.6 Å². The van der Waals surface area contributed by atoms with Crippen molar-refractivity contribution in [1.29, 1.82) is 0 Å². The highest BCUT2D eigenvalue weighted by atomic mass is 16.2. The number of aryl methyl sites for hydroxylation is 1. The SMILES string of the molecule is Cc1ccccc1N1CCN(C(=O)c2cc3ccccc3[nH]2)CC1. The number of aromatic nitrogens is 1. The molecule has 1 aliphatic rings. The van der Waals surface area contributed by atoms with Crippen LogP contribution in [0.25, 0.3) is 10.9 Å². The number of para-hydroxylation sites is 2. The minimum Gasteiger partial charge on any atom is -0.368 e. The number of carbonyl (C=O) groups excluding carboxylic acids is 1. The lowest BCUT2D eigenvalue weighted by molar-refractivity contribution is 0.0742. The van der Waals surface area contributed by atoms with Gasteiger partial charge in [0.05, 0.1) is 0 Å². The van der Waals surface area contributed by atoms with Gasteiger partial charge in [0.25, 0.3) is 5.91 Å². The fourth-order valence-corrected chi connectivity index (χ4v) is 3.43. The lowest BCUT2D eigenvalue weighted by Gasteiger charge is -2.36. The van der Waals surface area contributed by atoms with Gasteiger partial charge in [-0.1, -0.05) is 36.4 Å². The molecule has 0 spiro atoms. The van der Waals surface area contributed by atoms with Gasteiger partial charge in [-0.15, -0.1) is 0 Å². The Morgan fingerprint density at radius 1 is 0.958 bits per heavy atom. The molecular weight excluding hydrogens is 298 g/mol. The highest BCUT2D eigenvalue weighted by Crippen LogP contribution is 2.22. The molecule has 1 amide bonds. The molecule has 0 aliphatic carbocycles. The van der Waals surface area contributed by atoms with Gasteiger partial charge in [-0.05, 0) is 30.7 Å². The van der Waals surface area contributed by atoms with Crippen LogP contribution in [-0.4, -0.2) is 42.0 Å². The van der Waals surface area contributed by atoms with Crippen molar-refractivity contribution in [3.05, 3.63) is 65.9 Å². The van der Waals surface area contributed by atoms with E-state index < -0.39 is 0 Å². The predicted molar refractivity (Wildman–Crippen MR) is 97.6 cm³/mol. The van der Waals surface area contributed by atoms with E-state index in [1.54, 1.807) is 0 Å². The van der Waals surface area contributed by atoms with Gasteiger partial charge >= 0.3 is 0 Å². The second-order valence-corrected chi connectivity index (χ2v) is 6.34. The Labute approximate surface area is 141 Å². The largest absolute Gasteiger partial charge is 0.368 e. The van der Waals surface area contributed by atoms with Crippen LogP contribution in [0.4, 0.5) is 5.69 Å². The molecule has 4 nitrogen and oxygen atoms in total. The Kier molecular flexibility index (Phi) is 3.73. The summed E-state index contributed by atoms with van der Waals surface area (Å²) in [5, 5.41) is 1.08. The average Bonchev–Trinajstić information content (AvgIpc) is 3.06. The lowest BCUT2D eigenvalue weighted by Crippen LogP contribution is -2.49. The number of rotatable bonds is 2. The molecule has 3 aromatic rings. The topological polar surface area (TPSA) is 39.3 Å². The van der Waals surface area contributed by atoms with Crippen LogP contribution in [0.3, 0.4) is 0 Å². The van der Waals surface area contributed by atoms with E-state index in [2.05, 4.69) is 41.1 Å². The molecule has 1 fully saturated rings. The van der Waals surface area contributed by atoms with Crippen molar-refractivity contribution in [2.24, 2.45) is 0 Å². The quantitative estimate of drug-likeness (QED) is 0.786. The molecule has 4 heteroatoms. The van der Waals surface area contributed by atoms with Gasteiger partial charge in [0, 0.05) is 42.8 Å². The summed E-state index contributed by atoms with van der Waals surface area (Å²) in [5.74, 6) is 0.0932. The van der Waals surface area contributed by atoms with Crippen LogP contribution in [0.5, 0.6) is 0 Å². The molecule has 24 heavy (non-hydrogen) atoms. The van der Waals surface area contributed by atoms with Crippen molar-refractivity contribution >= 4 is 22.5 Å². The van der Waals surface area contributed by atoms with Crippen molar-refractivity contribution in [1.82, 2.24) is 9.88 Å². The zero-order chi connectivity index (χ0) is 16.5. The molecule has 1 aromatic heterocycles. The van der Waals surface area contributed by atoms with Crippen LogP contribution in [-0.2, 0) is 0 Å². The van der Waals surface area contributed by atoms with Crippen molar-refractivity contribution in [3.8, 4) is 0 Å². The summed E-state index contributed by atoms with van der Waals surface area (Å²) in [6.07, 6.45) is 0. The number of aromatic amines is 1. The van der Waals surface area contributed by atoms with Crippen LogP contribution >= 0.6 is 0 Å². The summed E-state index contributed by atoms with van der Waals surface area (Å²) in [6.45, 7) is 5.38. The van der Waals surface area contributed by atoms with Gasteiger partial charge in [0.2, 0.25) is 0 Å². The highest BCUT2D eigenvalue weighted by molar-refractivity contribution is 5.98. The zero-order valence-corrected chi connectivity index (χ0v) is 13.8.